The lowest BCUT2D eigenvalue weighted by atomic mass is 10.2. The summed E-state index contributed by atoms with van der Waals surface area (Å²) in [6.07, 6.45) is 0. The third-order valence-corrected chi connectivity index (χ3v) is 6.37. The number of thioether (sulfide) groups is 1. The lowest BCUT2D eigenvalue weighted by Gasteiger charge is -2.25. The van der Waals surface area contributed by atoms with Crippen molar-refractivity contribution in [3.63, 3.8) is 0 Å². The van der Waals surface area contributed by atoms with E-state index in [9.17, 15) is 18.8 Å². The van der Waals surface area contributed by atoms with Gasteiger partial charge in [-0.3, -0.25) is 24.0 Å². The van der Waals surface area contributed by atoms with Crippen LogP contribution in [0.25, 0.3) is 0 Å². The Balaban J connectivity index is 1.73. The normalized spacial score (nSPS) is 10.8. The van der Waals surface area contributed by atoms with Crippen LogP contribution in [-0.2, 0) is 17.9 Å². The number of aromatic nitrogens is 2. The molecule has 3 N–H and O–H groups in total. The predicted octanol–water partition coefficient (Wildman–Crippen LogP) is 3.63. The first kappa shape index (κ1) is 24.0. The minimum atomic E-state index is -0.767. The number of rotatable bonds is 8. The van der Waals surface area contributed by atoms with Crippen molar-refractivity contribution in [2.45, 2.75) is 18.0 Å². The van der Waals surface area contributed by atoms with Crippen molar-refractivity contribution in [2.75, 3.05) is 16.4 Å². The van der Waals surface area contributed by atoms with Crippen molar-refractivity contribution in [1.29, 1.82) is 0 Å². The van der Waals surface area contributed by atoms with Gasteiger partial charge in [-0.25, -0.2) is 9.18 Å². The third-order valence-electron chi connectivity index (χ3n) is 5.34. The van der Waals surface area contributed by atoms with Gasteiger partial charge in [0.25, 0.3) is 5.56 Å². The fourth-order valence-corrected chi connectivity index (χ4v) is 4.41. The lowest BCUT2D eigenvalue weighted by Crippen LogP contribution is -2.41. The Kier molecular flexibility index (Phi) is 7.47. The Morgan fingerprint density at radius 3 is 2.17 bits per heavy atom. The number of H-pyrrole nitrogens is 1. The van der Waals surface area contributed by atoms with E-state index in [1.807, 2.05) is 60.7 Å². The topological polar surface area (TPSA) is 101 Å². The van der Waals surface area contributed by atoms with E-state index < -0.39 is 23.0 Å². The number of benzene rings is 3. The fourth-order valence-electron chi connectivity index (χ4n) is 3.60. The van der Waals surface area contributed by atoms with Gasteiger partial charge in [-0.05, 0) is 23.3 Å². The first-order valence-electron chi connectivity index (χ1n) is 10.8. The molecule has 0 bridgehead atoms. The van der Waals surface area contributed by atoms with E-state index in [2.05, 4.69) is 4.98 Å². The molecular formula is C26H23FN4O3S. The number of nitrogen functional groups attached to an aromatic ring is 1. The van der Waals surface area contributed by atoms with Crippen LogP contribution in [0.4, 0.5) is 15.9 Å². The standard InChI is InChI=1S/C26H23FN4O3S/c27-20-13-7-8-14-21(20)35-17-22(32)30(15-18-9-3-1-4-10-18)23-24(28)31(26(34)29-25(23)33)16-19-11-5-2-6-12-19/h1-14H,15-17,28H2,(H,29,33,34). The van der Waals surface area contributed by atoms with Crippen molar-refractivity contribution in [3.8, 4) is 0 Å². The minimum absolute atomic E-state index is 0.0499. The van der Waals surface area contributed by atoms with Crippen molar-refractivity contribution >= 4 is 29.2 Å². The molecule has 0 aliphatic heterocycles. The molecule has 0 aliphatic rings. The SMILES string of the molecule is Nc1c(N(Cc2ccccc2)C(=O)CSc2ccccc2F)c(=O)[nH]c(=O)n1Cc1ccccc1. The average molecular weight is 491 g/mol. The number of nitrogens with one attached hydrogen (secondary N) is 1. The summed E-state index contributed by atoms with van der Waals surface area (Å²) in [5.74, 6) is -1.15. The molecule has 7 nitrogen and oxygen atoms in total. The largest absolute Gasteiger partial charge is 0.383 e. The van der Waals surface area contributed by atoms with E-state index >= 15 is 0 Å². The van der Waals surface area contributed by atoms with Crippen LogP contribution >= 0.6 is 11.8 Å². The van der Waals surface area contributed by atoms with Gasteiger partial charge in [0.1, 0.15) is 11.6 Å². The second kappa shape index (κ2) is 10.9. The van der Waals surface area contributed by atoms with E-state index in [4.69, 9.17) is 5.73 Å². The Hall–Kier alpha value is -4.11. The summed E-state index contributed by atoms with van der Waals surface area (Å²) in [4.78, 5) is 42.7. The summed E-state index contributed by atoms with van der Waals surface area (Å²) in [5, 5.41) is 0. The van der Waals surface area contributed by atoms with Gasteiger partial charge >= 0.3 is 5.69 Å². The van der Waals surface area contributed by atoms with Gasteiger partial charge in [0.05, 0.1) is 18.8 Å². The zero-order chi connectivity index (χ0) is 24.8. The van der Waals surface area contributed by atoms with Crippen molar-refractivity contribution < 1.29 is 9.18 Å². The Morgan fingerprint density at radius 1 is 0.914 bits per heavy atom. The number of halogens is 1. The van der Waals surface area contributed by atoms with Crippen molar-refractivity contribution in [1.82, 2.24) is 9.55 Å². The molecule has 0 atom stereocenters. The molecule has 1 amide bonds. The van der Waals surface area contributed by atoms with Crippen LogP contribution in [0.5, 0.6) is 0 Å². The first-order chi connectivity index (χ1) is 16.9. The maximum Gasteiger partial charge on any atom is 0.330 e. The second-order valence-electron chi connectivity index (χ2n) is 7.75. The molecular weight excluding hydrogens is 467 g/mol. The zero-order valence-corrected chi connectivity index (χ0v) is 19.5. The molecule has 0 aliphatic carbocycles. The lowest BCUT2D eigenvalue weighted by molar-refractivity contribution is -0.116. The number of anilines is 2. The summed E-state index contributed by atoms with van der Waals surface area (Å²) >= 11 is 1.02. The van der Waals surface area contributed by atoms with Crippen molar-refractivity contribution in [3.05, 3.63) is 123 Å². The molecule has 1 heterocycles. The van der Waals surface area contributed by atoms with Gasteiger partial charge in [-0.1, -0.05) is 72.8 Å². The predicted molar refractivity (Wildman–Crippen MR) is 136 cm³/mol. The van der Waals surface area contributed by atoms with E-state index in [-0.39, 0.29) is 30.3 Å². The monoisotopic (exact) mass is 490 g/mol. The summed E-state index contributed by atoms with van der Waals surface area (Å²) in [6.45, 7) is 0.168. The highest BCUT2D eigenvalue weighted by Crippen LogP contribution is 2.25. The molecule has 178 valence electrons. The zero-order valence-electron chi connectivity index (χ0n) is 18.7. The smallest absolute Gasteiger partial charge is 0.330 e. The molecule has 0 saturated carbocycles. The molecule has 9 heteroatoms. The number of hydrogen-bond donors (Lipinski definition) is 2. The number of amides is 1. The number of hydrogen-bond acceptors (Lipinski definition) is 5. The Bertz CT molecular complexity index is 1440. The number of aromatic amines is 1. The molecule has 35 heavy (non-hydrogen) atoms. The highest BCUT2D eigenvalue weighted by molar-refractivity contribution is 8.00. The first-order valence-corrected chi connectivity index (χ1v) is 11.8. The molecule has 4 aromatic rings. The molecule has 0 fully saturated rings. The third kappa shape index (κ3) is 5.70. The van der Waals surface area contributed by atoms with Crippen LogP contribution in [0.1, 0.15) is 11.1 Å². The van der Waals surface area contributed by atoms with Crippen LogP contribution in [-0.4, -0.2) is 21.2 Å². The maximum absolute atomic E-state index is 14.1. The minimum Gasteiger partial charge on any atom is -0.383 e. The fraction of sp³-hybridized carbons (Fsp3) is 0.115. The average Bonchev–Trinajstić information content (AvgIpc) is 2.86. The Labute approximate surface area is 205 Å². The van der Waals surface area contributed by atoms with Gasteiger partial charge < -0.3 is 5.73 Å². The van der Waals surface area contributed by atoms with Crippen LogP contribution in [0, 0.1) is 5.82 Å². The van der Waals surface area contributed by atoms with Gasteiger partial charge in [0.2, 0.25) is 5.91 Å². The maximum atomic E-state index is 14.1. The Morgan fingerprint density at radius 2 is 1.51 bits per heavy atom. The van der Waals surface area contributed by atoms with Crippen LogP contribution < -0.4 is 21.9 Å². The highest BCUT2D eigenvalue weighted by Gasteiger charge is 2.25. The highest BCUT2D eigenvalue weighted by atomic mass is 32.2. The van der Waals surface area contributed by atoms with E-state index in [0.717, 1.165) is 22.9 Å². The molecule has 4 rings (SSSR count). The number of nitrogens with two attached hydrogens (primary N) is 1. The molecule has 3 aromatic carbocycles. The summed E-state index contributed by atoms with van der Waals surface area (Å²) in [5.41, 5.74) is 6.34. The second-order valence-corrected chi connectivity index (χ2v) is 8.77. The molecule has 0 saturated heterocycles. The van der Waals surface area contributed by atoms with Crippen LogP contribution in [0.3, 0.4) is 0 Å². The van der Waals surface area contributed by atoms with Gasteiger partial charge in [0, 0.05) is 4.90 Å². The van der Waals surface area contributed by atoms with E-state index in [1.54, 1.807) is 18.2 Å². The summed E-state index contributed by atoms with van der Waals surface area (Å²) in [7, 11) is 0. The van der Waals surface area contributed by atoms with Crippen LogP contribution in [0.2, 0.25) is 0 Å². The number of carbonyl (C=O) groups is 1. The van der Waals surface area contributed by atoms with Crippen molar-refractivity contribution in [2.24, 2.45) is 0 Å². The van der Waals surface area contributed by atoms with Gasteiger partial charge in [-0.2, -0.15) is 0 Å². The summed E-state index contributed by atoms with van der Waals surface area (Å²) < 4.78 is 15.3. The molecule has 0 spiro atoms. The summed E-state index contributed by atoms with van der Waals surface area (Å²) in [6, 6.07) is 24.4. The quantitative estimate of drug-likeness (QED) is 0.367. The van der Waals surface area contributed by atoms with Gasteiger partial charge in [0.15, 0.2) is 5.69 Å². The van der Waals surface area contributed by atoms with E-state index in [0.29, 0.717) is 4.90 Å². The van der Waals surface area contributed by atoms with E-state index in [1.165, 1.54) is 15.5 Å². The van der Waals surface area contributed by atoms with Crippen LogP contribution in [0.15, 0.2) is 99.4 Å². The number of carbonyl (C=O) groups excluding carboxylic acids is 1. The molecule has 1 aromatic heterocycles. The number of nitrogens with zero attached hydrogens (tertiary/aromatic N) is 2. The van der Waals surface area contributed by atoms with Gasteiger partial charge in [-0.15, -0.1) is 11.8 Å². The molecule has 0 unspecified atom stereocenters. The molecule has 0 radical (unpaired) electrons.